The number of halogens is 1. The highest BCUT2D eigenvalue weighted by atomic mass is 19.1. The van der Waals surface area contributed by atoms with Crippen LogP contribution in [0.5, 0.6) is 0 Å². The Morgan fingerprint density at radius 3 is 2.69 bits per heavy atom. The van der Waals surface area contributed by atoms with Gasteiger partial charge in [0.1, 0.15) is 5.82 Å². The van der Waals surface area contributed by atoms with Gasteiger partial charge < -0.3 is 5.32 Å². The molecule has 7 nitrogen and oxygen atoms in total. The molecule has 1 N–H and O–H groups in total. The Morgan fingerprint density at radius 1 is 1.07 bits per heavy atom. The van der Waals surface area contributed by atoms with Crippen molar-refractivity contribution in [3.63, 3.8) is 0 Å². The van der Waals surface area contributed by atoms with E-state index >= 15 is 0 Å². The van der Waals surface area contributed by atoms with E-state index in [1.54, 1.807) is 37.4 Å². The molecule has 1 amide bonds. The van der Waals surface area contributed by atoms with Gasteiger partial charge in [0.2, 0.25) is 0 Å². The molecule has 4 aromatic rings. The number of aromatic nitrogens is 5. The van der Waals surface area contributed by atoms with Crippen LogP contribution in [0, 0.1) is 12.7 Å². The lowest BCUT2D eigenvalue weighted by atomic mass is 10.1. The first kappa shape index (κ1) is 18.4. The van der Waals surface area contributed by atoms with Crippen LogP contribution >= 0.6 is 0 Å². The zero-order valence-corrected chi connectivity index (χ0v) is 15.6. The molecule has 0 fully saturated rings. The number of nitrogens with one attached hydrogen (secondary N) is 1. The van der Waals surface area contributed by atoms with Gasteiger partial charge in [-0.1, -0.05) is 18.2 Å². The van der Waals surface area contributed by atoms with E-state index in [1.165, 1.54) is 23.1 Å². The van der Waals surface area contributed by atoms with E-state index in [2.05, 4.69) is 25.4 Å². The molecule has 8 heteroatoms. The number of benzene rings is 1. The molecule has 0 radical (unpaired) electrons. The minimum Gasteiger partial charge on any atom is -0.346 e. The van der Waals surface area contributed by atoms with Gasteiger partial charge in [0.15, 0.2) is 0 Å². The molecule has 0 bridgehead atoms. The van der Waals surface area contributed by atoms with Gasteiger partial charge in [-0.05, 0) is 37.3 Å². The normalized spacial score (nSPS) is 10.7. The van der Waals surface area contributed by atoms with Crippen molar-refractivity contribution < 1.29 is 9.18 Å². The third-order valence-electron chi connectivity index (χ3n) is 4.39. The molecule has 0 aliphatic carbocycles. The van der Waals surface area contributed by atoms with Gasteiger partial charge in [0, 0.05) is 18.0 Å². The summed E-state index contributed by atoms with van der Waals surface area (Å²) in [5, 5.41) is 7.06. The summed E-state index contributed by atoms with van der Waals surface area (Å²) >= 11 is 0. The van der Waals surface area contributed by atoms with Gasteiger partial charge in [-0.2, -0.15) is 5.10 Å². The van der Waals surface area contributed by atoms with Crippen molar-refractivity contribution in [2.75, 3.05) is 0 Å². The Balaban J connectivity index is 1.58. The molecule has 0 aliphatic heterocycles. The maximum Gasteiger partial charge on any atom is 0.255 e. The summed E-state index contributed by atoms with van der Waals surface area (Å²) in [7, 11) is 0. The maximum absolute atomic E-state index is 14.1. The lowest BCUT2D eigenvalue weighted by Gasteiger charge is -2.07. The van der Waals surface area contributed by atoms with Crippen LogP contribution < -0.4 is 5.32 Å². The Kier molecular flexibility index (Phi) is 5.07. The van der Waals surface area contributed by atoms with Crippen molar-refractivity contribution in [1.82, 2.24) is 30.0 Å². The van der Waals surface area contributed by atoms with Crippen LogP contribution in [0.4, 0.5) is 4.39 Å². The van der Waals surface area contributed by atoms with Gasteiger partial charge >= 0.3 is 0 Å². The molecular weight excluding hydrogens is 371 g/mol. The van der Waals surface area contributed by atoms with Gasteiger partial charge in [-0.25, -0.2) is 19.0 Å². The fourth-order valence-electron chi connectivity index (χ4n) is 2.87. The number of pyridine rings is 1. The molecule has 0 saturated heterocycles. The van der Waals surface area contributed by atoms with E-state index in [4.69, 9.17) is 0 Å². The second kappa shape index (κ2) is 7.97. The fourth-order valence-corrected chi connectivity index (χ4v) is 2.87. The molecule has 3 heterocycles. The number of carbonyl (C=O) groups is 1. The molecular formula is C21H17FN6O. The minimum atomic E-state index is -0.371. The highest BCUT2D eigenvalue weighted by molar-refractivity contribution is 5.95. The summed E-state index contributed by atoms with van der Waals surface area (Å²) in [4.78, 5) is 25.3. The van der Waals surface area contributed by atoms with Crippen LogP contribution in [-0.4, -0.2) is 30.6 Å². The van der Waals surface area contributed by atoms with E-state index in [9.17, 15) is 9.18 Å². The van der Waals surface area contributed by atoms with E-state index in [-0.39, 0.29) is 17.7 Å². The number of hydrogen-bond acceptors (Lipinski definition) is 5. The summed E-state index contributed by atoms with van der Waals surface area (Å²) in [6.45, 7) is 2.06. The quantitative estimate of drug-likeness (QED) is 0.568. The lowest BCUT2D eigenvalue weighted by Crippen LogP contribution is -2.23. The first-order valence-electron chi connectivity index (χ1n) is 8.94. The number of nitrogens with zero attached hydrogens (tertiary/aromatic N) is 5. The van der Waals surface area contributed by atoms with Gasteiger partial charge in [0.25, 0.3) is 11.9 Å². The monoisotopic (exact) mass is 388 g/mol. The fraction of sp³-hybridized carbons (Fsp3) is 0.0952. The second-order valence-corrected chi connectivity index (χ2v) is 6.28. The zero-order valence-electron chi connectivity index (χ0n) is 15.6. The molecule has 0 spiro atoms. The summed E-state index contributed by atoms with van der Waals surface area (Å²) in [6, 6.07) is 13.5. The van der Waals surface area contributed by atoms with E-state index in [0.29, 0.717) is 29.1 Å². The molecule has 0 saturated carbocycles. The van der Waals surface area contributed by atoms with Crippen LogP contribution in [0.15, 0.2) is 67.1 Å². The van der Waals surface area contributed by atoms with E-state index in [0.717, 1.165) is 5.69 Å². The topological polar surface area (TPSA) is 85.6 Å². The van der Waals surface area contributed by atoms with Crippen LogP contribution in [-0.2, 0) is 6.54 Å². The summed E-state index contributed by atoms with van der Waals surface area (Å²) in [5.74, 6) is -0.388. The van der Waals surface area contributed by atoms with Crippen molar-refractivity contribution in [2.45, 2.75) is 13.5 Å². The van der Waals surface area contributed by atoms with Crippen molar-refractivity contribution in [3.05, 3.63) is 89.9 Å². The number of rotatable bonds is 5. The Morgan fingerprint density at radius 2 is 1.90 bits per heavy atom. The maximum atomic E-state index is 14.1. The summed E-state index contributed by atoms with van der Waals surface area (Å²) in [6.07, 6.45) is 4.67. The van der Waals surface area contributed by atoms with Crippen molar-refractivity contribution in [2.24, 2.45) is 0 Å². The molecule has 4 rings (SSSR count). The Labute approximate surface area is 166 Å². The average Bonchev–Trinajstić information content (AvgIpc) is 3.14. The minimum absolute atomic E-state index is 0.257. The summed E-state index contributed by atoms with van der Waals surface area (Å²) in [5.41, 5.74) is 2.54. The summed E-state index contributed by atoms with van der Waals surface area (Å²) < 4.78 is 15.5. The zero-order chi connectivity index (χ0) is 20.2. The predicted octanol–water partition coefficient (Wildman–Crippen LogP) is 3.10. The molecule has 0 aliphatic rings. The van der Waals surface area contributed by atoms with Crippen LogP contribution in [0.25, 0.3) is 17.2 Å². The number of carbonyl (C=O) groups excluding carboxylic acids is 1. The van der Waals surface area contributed by atoms with Crippen LogP contribution in [0.3, 0.4) is 0 Å². The molecule has 144 valence electrons. The molecule has 3 aromatic heterocycles. The number of hydrogen-bond donors (Lipinski definition) is 1. The first-order chi connectivity index (χ1) is 14.1. The van der Waals surface area contributed by atoms with Crippen molar-refractivity contribution in [3.8, 4) is 17.2 Å². The Bertz CT molecular complexity index is 1160. The van der Waals surface area contributed by atoms with Gasteiger partial charge in [0.05, 0.1) is 35.4 Å². The highest BCUT2D eigenvalue weighted by Crippen LogP contribution is 2.21. The first-order valence-corrected chi connectivity index (χ1v) is 8.94. The molecule has 0 atom stereocenters. The van der Waals surface area contributed by atoms with Gasteiger partial charge in [-0.15, -0.1) is 0 Å². The van der Waals surface area contributed by atoms with Crippen LogP contribution in [0.1, 0.15) is 21.7 Å². The molecule has 0 unspecified atom stereocenters. The largest absolute Gasteiger partial charge is 0.346 e. The number of amides is 1. The van der Waals surface area contributed by atoms with Crippen LogP contribution in [0.2, 0.25) is 0 Å². The molecule has 29 heavy (non-hydrogen) atoms. The van der Waals surface area contributed by atoms with E-state index in [1.807, 2.05) is 18.2 Å². The molecule has 1 aromatic carbocycles. The lowest BCUT2D eigenvalue weighted by molar-refractivity contribution is 0.0950. The van der Waals surface area contributed by atoms with Gasteiger partial charge in [-0.3, -0.25) is 9.78 Å². The third-order valence-corrected chi connectivity index (χ3v) is 4.39. The Hall–Kier alpha value is -3.94. The third kappa shape index (κ3) is 3.86. The van der Waals surface area contributed by atoms with E-state index < -0.39 is 0 Å². The standard InChI is InChI=1S/C21H17FN6O/c1-14-17(20(29)25-12-15-6-4-5-10-23-15)13-26-28(14)21-24-11-9-19(27-21)16-7-2-3-8-18(16)22/h2-11,13H,12H2,1H3,(H,25,29). The second-order valence-electron chi connectivity index (χ2n) is 6.28. The predicted molar refractivity (Wildman–Crippen MR) is 105 cm³/mol. The average molecular weight is 388 g/mol. The smallest absolute Gasteiger partial charge is 0.255 e. The van der Waals surface area contributed by atoms with Crippen molar-refractivity contribution >= 4 is 5.91 Å². The van der Waals surface area contributed by atoms with Crippen molar-refractivity contribution in [1.29, 1.82) is 0 Å². The highest BCUT2D eigenvalue weighted by Gasteiger charge is 2.17. The SMILES string of the molecule is Cc1c(C(=O)NCc2ccccn2)cnn1-c1nccc(-c2ccccc2F)n1.